The molecule has 1 saturated heterocycles. The third-order valence-corrected chi connectivity index (χ3v) is 7.37. The lowest BCUT2D eigenvalue weighted by molar-refractivity contribution is -0.274. The molecule has 36 heavy (non-hydrogen) atoms. The second-order valence-corrected chi connectivity index (χ2v) is 9.96. The van der Waals surface area contributed by atoms with E-state index in [0.717, 1.165) is 24.3 Å². The molecule has 0 radical (unpaired) electrons. The number of anilines is 2. The van der Waals surface area contributed by atoms with Crippen molar-refractivity contribution in [3.05, 3.63) is 72.8 Å². The number of ether oxygens (including phenoxy) is 3. The predicted molar refractivity (Wildman–Crippen MR) is 123 cm³/mol. The molecule has 0 aromatic heterocycles. The van der Waals surface area contributed by atoms with Crippen LogP contribution in [0, 0.1) is 0 Å². The Morgan fingerprint density at radius 1 is 0.917 bits per heavy atom. The van der Waals surface area contributed by atoms with E-state index in [4.69, 9.17) is 9.47 Å². The first-order valence-electron chi connectivity index (χ1n) is 10.9. The van der Waals surface area contributed by atoms with Crippen LogP contribution in [0.1, 0.15) is 0 Å². The van der Waals surface area contributed by atoms with Gasteiger partial charge in [-0.25, -0.2) is 13.1 Å². The van der Waals surface area contributed by atoms with E-state index < -0.39 is 40.3 Å². The first-order chi connectivity index (χ1) is 17.1. The van der Waals surface area contributed by atoms with Crippen molar-refractivity contribution in [2.45, 2.75) is 29.4 Å². The van der Waals surface area contributed by atoms with Crippen LogP contribution >= 0.6 is 0 Å². The van der Waals surface area contributed by atoms with Crippen molar-refractivity contribution in [2.75, 3.05) is 18.1 Å². The van der Waals surface area contributed by atoms with Crippen LogP contribution in [0.4, 0.5) is 24.5 Å². The van der Waals surface area contributed by atoms with E-state index in [1.807, 2.05) is 41.3 Å². The Labute approximate surface area is 204 Å². The van der Waals surface area contributed by atoms with Gasteiger partial charge in [-0.05, 0) is 48.5 Å². The number of benzene rings is 3. The summed E-state index contributed by atoms with van der Waals surface area (Å²) in [5.41, 5.74) is 1.38. The van der Waals surface area contributed by atoms with Crippen molar-refractivity contribution < 1.29 is 40.9 Å². The molecule has 2 aliphatic heterocycles. The Hall–Kier alpha value is -3.32. The van der Waals surface area contributed by atoms with Crippen molar-refractivity contribution in [2.24, 2.45) is 0 Å². The van der Waals surface area contributed by atoms with Gasteiger partial charge in [0.15, 0.2) is 11.5 Å². The molecule has 0 aliphatic carbocycles. The first kappa shape index (κ1) is 24.4. The molecule has 0 saturated carbocycles. The molecule has 5 rings (SSSR count). The third kappa shape index (κ3) is 4.85. The Morgan fingerprint density at radius 2 is 1.50 bits per heavy atom. The van der Waals surface area contributed by atoms with Crippen LogP contribution in [-0.4, -0.2) is 51.3 Å². The van der Waals surface area contributed by atoms with Gasteiger partial charge in [0, 0.05) is 0 Å². The van der Waals surface area contributed by atoms with Gasteiger partial charge in [0.25, 0.3) is 0 Å². The van der Waals surface area contributed by atoms with Gasteiger partial charge in [0.2, 0.25) is 10.0 Å². The molecule has 0 amide bonds. The third-order valence-electron chi connectivity index (χ3n) is 5.87. The van der Waals surface area contributed by atoms with Crippen LogP contribution in [0.25, 0.3) is 0 Å². The second-order valence-electron chi connectivity index (χ2n) is 8.25. The largest absolute Gasteiger partial charge is 0.573 e. The van der Waals surface area contributed by atoms with E-state index in [0.29, 0.717) is 22.9 Å². The molecule has 190 valence electrons. The van der Waals surface area contributed by atoms with Crippen LogP contribution in [0.5, 0.6) is 17.2 Å². The average molecular weight is 523 g/mol. The van der Waals surface area contributed by atoms with Crippen LogP contribution in [-0.2, 0) is 14.8 Å². The van der Waals surface area contributed by atoms with E-state index in [2.05, 4.69) is 9.46 Å². The normalized spacial score (nSPS) is 21.8. The minimum Gasteiger partial charge on any atom is -0.453 e. The number of nitrogens with zero attached hydrogens (tertiary/aromatic N) is 1. The van der Waals surface area contributed by atoms with Gasteiger partial charge in [-0.15, -0.1) is 13.2 Å². The molecule has 3 aromatic carbocycles. The molecule has 0 bridgehead atoms. The van der Waals surface area contributed by atoms with E-state index in [-0.39, 0.29) is 18.1 Å². The smallest absolute Gasteiger partial charge is 0.453 e. The Balaban J connectivity index is 1.39. The number of hydrogen-bond donors (Lipinski definition) is 2. The van der Waals surface area contributed by atoms with Gasteiger partial charge in [0.1, 0.15) is 5.75 Å². The maximum absolute atomic E-state index is 12.9. The zero-order valence-corrected chi connectivity index (χ0v) is 19.4. The Bertz CT molecular complexity index is 1300. The summed E-state index contributed by atoms with van der Waals surface area (Å²) in [6.45, 7) is 0.0192. The summed E-state index contributed by atoms with van der Waals surface area (Å²) in [6, 6.07) is 16.6. The summed E-state index contributed by atoms with van der Waals surface area (Å²) in [6.07, 6.45) is -6.09. The fraction of sp³-hybridized carbons (Fsp3) is 0.250. The number of alkyl halides is 3. The van der Waals surface area contributed by atoms with Gasteiger partial charge in [-0.1, -0.05) is 24.3 Å². The van der Waals surface area contributed by atoms with E-state index in [1.54, 1.807) is 12.1 Å². The van der Waals surface area contributed by atoms with E-state index in [9.17, 15) is 26.7 Å². The number of fused-ring (bicyclic) bond motifs is 2. The van der Waals surface area contributed by atoms with Crippen molar-refractivity contribution in [3.63, 3.8) is 0 Å². The lowest BCUT2D eigenvalue weighted by Crippen LogP contribution is -2.60. The molecule has 0 unspecified atom stereocenters. The maximum Gasteiger partial charge on any atom is 0.573 e. The number of sulfonamides is 1. The summed E-state index contributed by atoms with van der Waals surface area (Å²) in [5.74, 6) is 0.603. The zero-order valence-electron chi connectivity index (χ0n) is 18.6. The number of para-hydroxylation sites is 4. The fourth-order valence-corrected chi connectivity index (χ4v) is 5.53. The standard InChI is InChI=1S/C24H21F3N2O6S/c25-24(26,27)35-15-9-11-16(12-10-15)36(31,32)28-17-13-33-14-20(23(17)30)29-18-5-1-3-7-21(18)34-22-8-4-2-6-19(22)29/h1-12,17,20,23,28,30H,13-14H2/t17-,20+,23+/m1/s1. The Morgan fingerprint density at radius 3 is 2.08 bits per heavy atom. The van der Waals surface area contributed by atoms with Crippen LogP contribution < -0.4 is 19.1 Å². The fourth-order valence-electron chi connectivity index (χ4n) is 4.29. The van der Waals surface area contributed by atoms with E-state index >= 15 is 0 Å². The molecular weight excluding hydrogens is 501 g/mol. The molecule has 2 N–H and O–H groups in total. The molecule has 1 fully saturated rings. The summed E-state index contributed by atoms with van der Waals surface area (Å²) >= 11 is 0. The highest BCUT2D eigenvalue weighted by atomic mass is 32.2. The number of aliphatic hydroxyl groups is 1. The molecular formula is C24H21F3N2O6S. The maximum atomic E-state index is 12.9. The molecule has 12 heteroatoms. The van der Waals surface area contributed by atoms with Gasteiger partial charge >= 0.3 is 6.36 Å². The van der Waals surface area contributed by atoms with Crippen molar-refractivity contribution >= 4 is 21.4 Å². The van der Waals surface area contributed by atoms with Crippen LogP contribution in [0.15, 0.2) is 77.7 Å². The van der Waals surface area contributed by atoms with Gasteiger partial charge < -0.3 is 24.2 Å². The molecule has 2 aliphatic rings. The lowest BCUT2D eigenvalue weighted by Gasteiger charge is -2.44. The predicted octanol–water partition coefficient (Wildman–Crippen LogP) is 3.94. The average Bonchev–Trinajstić information content (AvgIpc) is 2.83. The highest BCUT2D eigenvalue weighted by molar-refractivity contribution is 7.89. The van der Waals surface area contributed by atoms with E-state index in [1.165, 1.54) is 0 Å². The van der Waals surface area contributed by atoms with Gasteiger partial charge in [-0.3, -0.25) is 0 Å². The van der Waals surface area contributed by atoms with Gasteiger partial charge in [-0.2, -0.15) is 0 Å². The highest BCUT2D eigenvalue weighted by Gasteiger charge is 2.42. The van der Waals surface area contributed by atoms with Crippen LogP contribution in [0.2, 0.25) is 0 Å². The van der Waals surface area contributed by atoms with Crippen molar-refractivity contribution in [1.82, 2.24) is 4.72 Å². The highest BCUT2D eigenvalue weighted by Crippen LogP contribution is 2.48. The van der Waals surface area contributed by atoms with Crippen molar-refractivity contribution in [1.29, 1.82) is 0 Å². The topological polar surface area (TPSA) is 97.3 Å². The quantitative estimate of drug-likeness (QED) is 0.524. The Kier molecular flexibility index (Phi) is 6.29. The first-order valence-corrected chi connectivity index (χ1v) is 12.4. The monoisotopic (exact) mass is 522 g/mol. The number of halogens is 3. The second kappa shape index (κ2) is 9.28. The van der Waals surface area contributed by atoms with Crippen molar-refractivity contribution in [3.8, 4) is 17.2 Å². The summed E-state index contributed by atoms with van der Waals surface area (Å²) in [5, 5.41) is 11.3. The number of hydrogen-bond acceptors (Lipinski definition) is 7. The minimum absolute atomic E-state index is 0.0974. The lowest BCUT2D eigenvalue weighted by atomic mass is 9.98. The van der Waals surface area contributed by atoms with Gasteiger partial charge in [0.05, 0.1) is 47.7 Å². The summed E-state index contributed by atoms with van der Waals surface area (Å²) in [4.78, 5) is 1.58. The molecule has 3 aromatic rings. The minimum atomic E-state index is -4.89. The molecule has 0 spiro atoms. The number of nitrogens with one attached hydrogen (secondary N) is 1. The zero-order chi connectivity index (χ0) is 25.5. The molecule has 8 nitrogen and oxygen atoms in total. The number of aliphatic hydroxyl groups excluding tert-OH is 1. The summed E-state index contributed by atoms with van der Waals surface area (Å²) in [7, 11) is -4.20. The SMILES string of the molecule is O=S(=O)(N[C@@H]1COC[C@H](N2c3ccccc3Oc3ccccc32)[C@H]1O)c1ccc(OC(F)(F)F)cc1. The van der Waals surface area contributed by atoms with Crippen LogP contribution in [0.3, 0.4) is 0 Å². The molecule has 3 atom stereocenters. The summed E-state index contributed by atoms with van der Waals surface area (Å²) < 4.78 is 81.0. The molecule has 2 heterocycles. The number of rotatable bonds is 5.